The average molecular weight is 362 g/mol. The first kappa shape index (κ1) is 20.4. The summed E-state index contributed by atoms with van der Waals surface area (Å²) >= 11 is 0. The van der Waals surface area contributed by atoms with E-state index in [4.69, 9.17) is 5.21 Å². The van der Waals surface area contributed by atoms with E-state index in [0.29, 0.717) is 19.3 Å². The van der Waals surface area contributed by atoms with E-state index in [2.05, 4.69) is 5.32 Å². The van der Waals surface area contributed by atoms with Gasteiger partial charge in [0.2, 0.25) is 11.8 Å². The molecule has 0 aliphatic heterocycles. The zero-order valence-electron chi connectivity index (χ0n) is 15.7. The van der Waals surface area contributed by atoms with Crippen molar-refractivity contribution in [3.05, 3.63) is 35.4 Å². The van der Waals surface area contributed by atoms with E-state index in [1.807, 2.05) is 45.0 Å². The molecule has 4 atom stereocenters. The Morgan fingerprint density at radius 2 is 1.88 bits per heavy atom. The van der Waals surface area contributed by atoms with Crippen LogP contribution in [0.5, 0.6) is 0 Å². The fraction of sp³-hybridized carbons (Fsp3) is 0.600. The summed E-state index contributed by atoms with van der Waals surface area (Å²) in [5, 5.41) is 22.4. The predicted octanol–water partition coefficient (Wildman–Crippen LogP) is 2.34. The molecule has 0 fully saturated rings. The van der Waals surface area contributed by atoms with Crippen LogP contribution in [0.15, 0.2) is 24.3 Å². The van der Waals surface area contributed by atoms with E-state index in [1.165, 1.54) is 0 Å². The Balaban J connectivity index is 2.22. The fourth-order valence-electron chi connectivity index (χ4n) is 3.88. The molecular weight excluding hydrogens is 332 g/mol. The molecule has 0 saturated carbocycles. The number of fused-ring (bicyclic) bond motifs is 1. The summed E-state index contributed by atoms with van der Waals surface area (Å²) in [6.07, 6.45) is 1.61. The fourth-order valence-corrected chi connectivity index (χ4v) is 3.88. The third kappa shape index (κ3) is 4.62. The number of benzene rings is 1. The van der Waals surface area contributed by atoms with Crippen LogP contribution in [-0.4, -0.2) is 28.2 Å². The average Bonchev–Trinajstić information content (AvgIpc) is 2.92. The van der Waals surface area contributed by atoms with Gasteiger partial charge in [0.25, 0.3) is 0 Å². The van der Waals surface area contributed by atoms with Gasteiger partial charge in [0.15, 0.2) is 0 Å². The van der Waals surface area contributed by atoms with Gasteiger partial charge in [-0.1, -0.05) is 51.5 Å². The third-order valence-corrected chi connectivity index (χ3v) is 5.10. The predicted molar refractivity (Wildman–Crippen MR) is 98.3 cm³/mol. The molecule has 1 aromatic carbocycles. The molecule has 2 amide bonds. The first-order valence-electron chi connectivity index (χ1n) is 9.39. The minimum atomic E-state index is -0.674. The second-order valence-electron chi connectivity index (χ2n) is 7.56. The van der Waals surface area contributed by atoms with Gasteiger partial charge in [-0.25, -0.2) is 5.48 Å². The van der Waals surface area contributed by atoms with Crippen LogP contribution in [0.3, 0.4) is 0 Å². The molecule has 6 nitrogen and oxygen atoms in total. The molecule has 0 radical (unpaired) electrons. The number of aliphatic hydroxyl groups excluding tert-OH is 1. The first-order valence-corrected chi connectivity index (χ1v) is 9.39. The lowest BCUT2D eigenvalue weighted by atomic mass is 9.81. The van der Waals surface area contributed by atoms with Crippen molar-refractivity contribution < 1.29 is 19.9 Å². The van der Waals surface area contributed by atoms with Crippen molar-refractivity contribution in [3.8, 4) is 0 Å². The van der Waals surface area contributed by atoms with Gasteiger partial charge < -0.3 is 10.4 Å². The van der Waals surface area contributed by atoms with E-state index >= 15 is 0 Å². The van der Waals surface area contributed by atoms with Crippen LogP contribution in [0.25, 0.3) is 0 Å². The van der Waals surface area contributed by atoms with E-state index in [0.717, 1.165) is 17.5 Å². The second kappa shape index (κ2) is 9.14. The summed E-state index contributed by atoms with van der Waals surface area (Å²) in [4.78, 5) is 25.2. The molecule has 0 bridgehead atoms. The lowest BCUT2D eigenvalue weighted by Gasteiger charge is -2.28. The highest BCUT2D eigenvalue weighted by molar-refractivity contribution is 5.87. The maximum Gasteiger partial charge on any atom is 0.247 e. The molecule has 1 aliphatic rings. The Kier molecular flexibility index (Phi) is 7.17. The maximum atomic E-state index is 13.0. The van der Waals surface area contributed by atoms with Crippen LogP contribution < -0.4 is 10.8 Å². The quantitative estimate of drug-likeness (QED) is 0.421. The van der Waals surface area contributed by atoms with Gasteiger partial charge in [-0.2, -0.15) is 0 Å². The number of amides is 2. The minimum Gasteiger partial charge on any atom is -0.390 e. The van der Waals surface area contributed by atoms with Crippen molar-refractivity contribution in [3.63, 3.8) is 0 Å². The van der Waals surface area contributed by atoms with Crippen LogP contribution in [-0.2, 0) is 16.0 Å². The number of carbonyl (C=O) groups is 2. The summed E-state index contributed by atoms with van der Waals surface area (Å²) in [7, 11) is 0. The Labute approximate surface area is 155 Å². The summed E-state index contributed by atoms with van der Waals surface area (Å²) in [5.74, 6) is -1.71. The van der Waals surface area contributed by atoms with Crippen LogP contribution in [0.4, 0.5) is 0 Å². The number of hydrogen-bond acceptors (Lipinski definition) is 4. The highest BCUT2D eigenvalue weighted by atomic mass is 16.5. The van der Waals surface area contributed by atoms with Crippen molar-refractivity contribution in [1.29, 1.82) is 0 Å². The third-order valence-electron chi connectivity index (χ3n) is 5.10. The molecule has 0 unspecified atom stereocenters. The summed E-state index contributed by atoms with van der Waals surface area (Å²) in [5.41, 5.74) is 3.67. The van der Waals surface area contributed by atoms with Crippen molar-refractivity contribution in [2.24, 2.45) is 17.8 Å². The van der Waals surface area contributed by atoms with E-state index in [1.54, 1.807) is 5.48 Å². The SMILES string of the molecule is CCC[C@H](C(=O)NO)[C@@H](CC(C)C)C(=O)N[C@H]1c2ccccc2C[C@@H]1O. The van der Waals surface area contributed by atoms with Crippen molar-refractivity contribution >= 4 is 11.8 Å². The summed E-state index contributed by atoms with van der Waals surface area (Å²) in [6, 6.07) is 7.21. The number of aliphatic hydroxyl groups is 1. The molecule has 6 heteroatoms. The van der Waals surface area contributed by atoms with Crippen LogP contribution in [0.1, 0.15) is 57.2 Å². The molecule has 144 valence electrons. The van der Waals surface area contributed by atoms with Crippen molar-refractivity contribution in [2.75, 3.05) is 0 Å². The summed E-state index contributed by atoms with van der Waals surface area (Å²) in [6.45, 7) is 5.94. The molecular formula is C20H30N2O4. The Hall–Kier alpha value is -1.92. The molecule has 0 spiro atoms. The van der Waals surface area contributed by atoms with Gasteiger partial charge in [0.05, 0.1) is 18.1 Å². The monoisotopic (exact) mass is 362 g/mol. The van der Waals surface area contributed by atoms with Gasteiger partial charge in [-0.05, 0) is 29.9 Å². The topological polar surface area (TPSA) is 98.7 Å². The smallest absolute Gasteiger partial charge is 0.247 e. The Morgan fingerprint density at radius 1 is 1.19 bits per heavy atom. The number of hydrogen-bond donors (Lipinski definition) is 4. The van der Waals surface area contributed by atoms with Crippen LogP contribution >= 0.6 is 0 Å². The summed E-state index contributed by atoms with van der Waals surface area (Å²) < 4.78 is 0. The molecule has 2 rings (SSSR count). The van der Waals surface area contributed by atoms with Gasteiger partial charge in [-0.15, -0.1) is 0 Å². The highest BCUT2D eigenvalue weighted by Crippen LogP contribution is 2.33. The maximum absolute atomic E-state index is 13.0. The Bertz CT molecular complexity index is 632. The molecule has 0 heterocycles. The molecule has 1 aromatic rings. The molecule has 4 N–H and O–H groups in total. The number of hydroxylamine groups is 1. The van der Waals surface area contributed by atoms with E-state index in [-0.39, 0.29) is 11.8 Å². The highest BCUT2D eigenvalue weighted by Gasteiger charge is 2.37. The number of nitrogens with one attached hydrogen (secondary N) is 2. The standard InChI is InChI=1S/C20H30N2O4/c1-4-7-15(20(25)22-26)16(10-12(2)3)19(24)21-18-14-9-6-5-8-13(14)11-17(18)23/h5-6,8-9,12,15-18,23,26H,4,7,10-11H2,1-3H3,(H,21,24)(H,22,25)/t15-,16+,17-,18-/m0/s1. The number of rotatable bonds is 8. The molecule has 1 aliphatic carbocycles. The zero-order valence-corrected chi connectivity index (χ0v) is 15.7. The van der Waals surface area contributed by atoms with E-state index in [9.17, 15) is 14.7 Å². The zero-order chi connectivity index (χ0) is 19.3. The van der Waals surface area contributed by atoms with Crippen molar-refractivity contribution in [2.45, 2.75) is 58.6 Å². The molecule has 0 aromatic heterocycles. The van der Waals surface area contributed by atoms with Gasteiger partial charge in [-0.3, -0.25) is 14.8 Å². The molecule has 0 saturated heterocycles. The second-order valence-corrected chi connectivity index (χ2v) is 7.56. The lowest BCUT2D eigenvalue weighted by Crippen LogP contribution is -2.44. The van der Waals surface area contributed by atoms with Gasteiger partial charge in [0, 0.05) is 12.3 Å². The number of carbonyl (C=O) groups excluding carboxylic acids is 2. The van der Waals surface area contributed by atoms with Gasteiger partial charge in [0.1, 0.15) is 0 Å². The lowest BCUT2D eigenvalue weighted by molar-refractivity contribution is -0.141. The first-order chi connectivity index (χ1) is 12.4. The normalized spacial score (nSPS) is 21.2. The molecule has 26 heavy (non-hydrogen) atoms. The minimum absolute atomic E-state index is 0.220. The van der Waals surface area contributed by atoms with E-state index < -0.39 is 29.9 Å². The Morgan fingerprint density at radius 3 is 2.50 bits per heavy atom. The largest absolute Gasteiger partial charge is 0.390 e. The van der Waals surface area contributed by atoms with Crippen LogP contribution in [0.2, 0.25) is 0 Å². The van der Waals surface area contributed by atoms with Gasteiger partial charge >= 0.3 is 0 Å². The van der Waals surface area contributed by atoms with Crippen molar-refractivity contribution in [1.82, 2.24) is 10.8 Å². The van der Waals surface area contributed by atoms with Crippen LogP contribution in [0, 0.1) is 17.8 Å².